The third-order valence-corrected chi connectivity index (χ3v) is 5.98. The summed E-state index contributed by atoms with van der Waals surface area (Å²) in [5.74, 6) is -0.336. The SMILES string of the molecule is CC(C=CC=C(C)C=CC1=C(C)CCCC1(C)C)=CC=CC=C(C)C=CC=C(C)C(=O)OCCN. The minimum atomic E-state index is -0.336. The van der Waals surface area contributed by atoms with Crippen LogP contribution in [0.5, 0.6) is 0 Å². The molecule has 1 rings (SSSR count). The summed E-state index contributed by atoms with van der Waals surface area (Å²) in [5.41, 5.74) is 12.7. The smallest absolute Gasteiger partial charge is 0.333 e. The lowest BCUT2D eigenvalue weighted by Gasteiger charge is -2.32. The fraction of sp³-hybridized carbons (Fsp3) is 0.406. The Morgan fingerprint density at radius 2 is 1.43 bits per heavy atom. The van der Waals surface area contributed by atoms with Gasteiger partial charge in [-0.3, -0.25) is 0 Å². The third-order valence-electron chi connectivity index (χ3n) is 5.98. The topological polar surface area (TPSA) is 52.3 Å². The molecule has 0 heterocycles. The normalized spacial score (nSPS) is 18.6. The molecule has 0 saturated heterocycles. The standard InChI is InChI=1S/C32H45NO2/c1-25(13-8-9-14-26(2)17-11-18-29(5)31(34)35-24-23-33)15-10-16-27(3)20-21-30-28(4)19-12-22-32(30,6)7/h8-11,13-18,20-21H,12,19,22-24,33H2,1-7H3. The molecule has 1 aliphatic rings. The zero-order valence-corrected chi connectivity index (χ0v) is 22.9. The van der Waals surface area contributed by atoms with E-state index in [1.165, 1.54) is 41.6 Å². The molecule has 0 fully saturated rings. The van der Waals surface area contributed by atoms with E-state index in [-0.39, 0.29) is 18.0 Å². The van der Waals surface area contributed by atoms with E-state index in [0.29, 0.717) is 12.1 Å². The van der Waals surface area contributed by atoms with Crippen molar-refractivity contribution in [3.63, 3.8) is 0 Å². The van der Waals surface area contributed by atoms with E-state index >= 15 is 0 Å². The molecule has 0 bridgehead atoms. The molecule has 0 amide bonds. The van der Waals surface area contributed by atoms with Gasteiger partial charge in [0.15, 0.2) is 0 Å². The van der Waals surface area contributed by atoms with Gasteiger partial charge in [-0.25, -0.2) is 4.79 Å². The molecule has 0 aromatic heterocycles. The van der Waals surface area contributed by atoms with Crippen LogP contribution in [0.4, 0.5) is 0 Å². The summed E-state index contributed by atoms with van der Waals surface area (Å²) in [4.78, 5) is 11.7. The summed E-state index contributed by atoms with van der Waals surface area (Å²) in [6, 6.07) is 0. The first-order valence-electron chi connectivity index (χ1n) is 12.5. The molecule has 3 nitrogen and oxygen atoms in total. The van der Waals surface area contributed by atoms with Crippen molar-refractivity contribution in [2.75, 3.05) is 13.2 Å². The van der Waals surface area contributed by atoms with Crippen molar-refractivity contribution in [2.45, 2.75) is 67.7 Å². The van der Waals surface area contributed by atoms with E-state index in [9.17, 15) is 4.79 Å². The molecule has 0 radical (unpaired) electrons. The number of carbonyl (C=O) groups excluding carboxylic acids is 1. The Kier molecular flexibility index (Phi) is 13.7. The molecule has 3 heteroatoms. The highest BCUT2D eigenvalue weighted by atomic mass is 16.5. The van der Waals surface area contributed by atoms with Crippen molar-refractivity contribution in [3.8, 4) is 0 Å². The van der Waals surface area contributed by atoms with Crippen LogP contribution in [-0.2, 0) is 9.53 Å². The maximum absolute atomic E-state index is 11.7. The molecule has 0 unspecified atom stereocenters. The molecular weight excluding hydrogens is 430 g/mol. The van der Waals surface area contributed by atoms with Gasteiger partial charge in [0, 0.05) is 12.1 Å². The molecule has 0 spiro atoms. The quantitative estimate of drug-likeness (QED) is 0.187. The minimum absolute atomic E-state index is 0.239. The first kappa shape index (κ1) is 30.1. The predicted molar refractivity (Wildman–Crippen MR) is 152 cm³/mol. The number of esters is 1. The molecule has 0 aromatic carbocycles. The number of allylic oxidation sites excluding steroid dienone is 17. The average Bonchev–Trinajstić information content (AvgIpc) is 2.79. The number of rotatable bonds is 11. The van der Waals surface area contributed by atoms with Crippen molar-refractivity contribution >= 4 is 5.97 Å². The Labute approximate surface area is 213 Å². The van der Waals surface area contributed by atoms with Crippen molar-refractivity contribution in [3.05, 3.63) is 106 Å². The lowest BCUT2D eigenvalue weighted by molar-refractivity contribution is -0.138. The fourth-order valence-electron chi connectivity index (χ4n) is 3.84. The van der Waals surface area contributed by atoms with Gasteiger partial charge in [0.1, 0.15) is 6.61 Å². The number of ether oxygens (including phenoxy) is 1. The van der Waals surface area contributed by atoms with E-state index in [0.717, 1.165) is 5.57 Å². The minimum Gasteiger partial charge on any atom is -0.461 e. The maximum atomic E-state index is 11.7. The molecule has 0 aliphatic heterocycles. The van der Waals surface area contributed by atoms with Crippen LogP contribution in [0.25, 0.3) is 0 Å². The van der Waals surface area contributed by atoms with Crippen molar-refractivity contribution in [1.82, 2.24) is 0 Å². The van der Waals surface area contributed by atoms with Gasteiger partial charge in [0.25, 0.3) is 0 Å². The third kappa shape index (κ3) is 12.4. The van der Waals surface area contributed by atoms with Crippen molar-refractivity contribution in [1.29, 1.82) is 0 Å². The van der Waals surface area contributed by atoms with Crippen molar-refractivity contribution in [2.24, 2.45) is 11.1 Å². The Balaban J connectivity index is 2.62. The Morgan fingerprint density at radius 1 is 0.886 bits per heavy atom. The number of nitrogens with two attached hydrogens (primary N) is 1. The summed E-state index contributed by atoms with van der Waals surface area (Å²) >= 11 is 0. The molecule has 1 aliphatic carbocycles. The lowest BCUT2D eigenvalue weighted by atomic mass is 9.72. The van der Waals surface area contributed by atoms with Gasteiger partial charge in [-0.05, 0) is 64.9 Å². The van der Waals surface area contributed by atoms with Crippen LogP contribution >= 0.6 is 0 Å². The molecule has 0 aromatic rings. The second-order valence-electron chi connectivity index (χ2n) is 9.87. The number of carbonyl (C=O) groups is 1. The highest BCUT2D eigenvalue weighted by molar-refractivity contribution is 5.88. The lowest BCUT2D eigenvalue weighted by Crippen LogP contribution is -2.19. The fourth-order valence-corrected chi connectivity index (χ4v) is 3.84. The second kappa shape index (κ2) is 15.9. The maximum Gasteiger partial charge on any atom is 0.333 e. The largest absolute Gasteiger partial charge is 0.461 e. The predicted octanol–water partition coefficient (Wildman–Crippen LogP) is 8.02. The Hall–Kier alpha value is -2.91. The van der Waals surface area contributed by atoms with Crippen LogP contribution in [0.3, 0.4) is 0 Å². The summed E-state index contributed by atoms with van der Waals surface area (Å²) < 4.78 is 4.99. The Bertz CT molecular complexity index is 989. The Morgan fingerprint density at radius 3 is 2.00 bits per heavy atom. The molecular formula is C32H45NO2. The molecule has 35 heavy (non-hydrogen) atoms. The van der Waals surface area contributed by atoms with Crippen LogP contribution in [0.2, 0.25) is 0 Å². The van der Waals surface area contributed by atoms with Crippen LogP contribution in [0.1, 0.15) is 67.7 Å². The van der Waals surface area contributed by atoms with Gasteiger partial charge in [0.05, 0.1) is 0 Å². The van der Waals surface area contributed by atoms with Gasteiger partial charge in [0.2, 0.25) is 0 Å². The summed E-state index contributed by atoms with van der Waals surface area (Å²) in [6.07, 6.45) is 28.4. The number of hydrogen-bond acceptors (Lipinski definition) is 3. The second-order valence-corrected chi connectivity index (χ2v) is 9.87. The van der Waals surface area contributed by atoms with E-state index < -0.39 is 0 Å². The van der Waals surface area contributed by atoms with Gasteiger partial charge in [-0.2, -0.15) is 0 Å². The van der Waals surface area contributed by atoms with Crippen LogP contribution in [0, 0.1) is 5.41 Å². The van der Waals surface area contributed by atoms with Crippen LogP contribution in [-0.4, -0.2) is 19.1 Å². The van der Waals surface area contributed by atoms with Crippen molar-refractivity contribution < 1.29 is 9.53 Å². The summed E-state index contributed by atoms with van der Waals surface area (Å²) in [7, 11) is 0. The number of hydrogen-bond donors (Lipinski definition) is 1. The summed E-state index contributed by atoms with van der Waals surface area (Å²) in [6.45, 7) is 15.5. The molecule has 0 atom stereocenters. The van der Waals surface area contributed by atoms with Crippen LogP contribution < -0.4 is 5.73 Å². The first-order chi connectivity index (χ1) is 16.6. The van der Waals surface area contributed by atoms with Crippen LogP contribution in [0.15, 0.2) is 106 Å². The highest BCUT2D eigenvalue weighted by Crippen LogP contribution is 2.40. The van der Waals surface area contributed by atoms with E-state index in [4.69, 9.17) is 10.5 Å². The van der Waals surface area contributed by atoms with Gasteiger partial charge in [-0.1, -0.05) is 109 Å². The van der Waals surface area contributed by atoms with E-state index in [1.807, 2.05) is 37.3 Å². The van der Waals surface area contributed by atoms with E-state index in [1.54, 1.807) is 13.0 Å². The zero-order chi connectivity index (χ0) is 26.3. The molecule has 190 valence electrons. The van der Waals surface area contributed by atoms with E-state index in [2.05, 4.69) is 71.1 Å². The monoisotopic (exact) mass is 475 g/mol. The molecule has 0 saturated carbocycles. The van der Waals surface area contributed by atoms with Gasteiger partial charge < -0.3 is 10.5 Å². The highest BCUT2D eigenvalue weighted by Gasteiger charge is 2.26. The summed E-state index contributed by atoms with van der Waals surface area (Å²) in [5, 5.41) is 0. The van der Waals surface area contributed by atoms with Gasteiger partial charge in [-0.15, -0.1) is 0 Å². The van der Waals surface area contributed by atoms with Gasteiger partial charge >= 0.3 is 5.97 Å². The molecule has 2 N–H and O–H groups in total. The average molecular weight is 476 g/mol. The first-order valence-corrected chi connectivity index (χ1v) is 12.5. The zero-order valence-electron chi connectivity index (χ0n) is 22.9.